The minimum Gasteiger partial charge on any atom is -0.493 e. The molecule has 0 spiro atoms. The van der Waals surface area contributed by atoms with Gasteiger partial charge in [0.15, 0.2) is 23.1 Å². The van der Waals surface area contributed by atoms with Crippen molar-refractivity contribution in [2.24, 2.45) is 5.73 Å². The van der Waals surface area contributed by atoms with Crippen molar-refractivity contribution >= 4 is 0 Å². The highest BCUT2D eigenvalue weighted by Gasteiger charge is 2.22. The van der Waals surface area contributed by atoms with E-state index in [1.54, 1.807) is 0 Å². The lowest BCUT2D eigenvalue weighted by molar-refractivity contribution is 0.295. The first kappa shape index (κ1) is 13.0. The Hall–Kier alpha value is -1.49. The molecule has 18 heavy (non-hydrogen) atoms. The molecule has 2 rings (SSSR count). The number of rotatable bonds is 4. The fraction of sp³-hybridized carbons (Fsp3) is 0.538. The van der Waals surface area contributed by atoms with Crippen LogP contribution in [0.5, 0.6) is 17.2 Å². The summed E-state index contributed by atoms with van der Waals surface area (Å²) in [4.78, 5) is 0. The van der Waals surface area contributed by atoms with Gasteiger partial charge in [-0.15, -0.1) is 0 Å². The number of ether oxygens (including phenoxy) is 3. The minimum atomic E-state index is -0.422. The Morgan fingerprint density at radius 1 is 1.39 bits per heavy atom. The summed E-state index contributed by atoms with van der Waals surface area (Å²) in [6.07, 6.45) is 2.15. The molecule has 0 aromatic heterocycles. The first-order chi connectivity index (χ1) is 8.77. The molecule has 1 aromatic carbocycles. The van der Waals surface area contributed by atoms with Crippen molar-refractivity contribution in [1.29, 1.82) is 0 Å². The van der Waals surface area contributed by atoms with E-state index >= 15 is 0 Å². The van der Waals surface area contributed by atoms with Crippen LogP contribution in [0.4, 0.5) is 4.39 Å². The van der Waals surface area contributed by atoms with E-state index in [1.807, 2.05) is 0 Å². The molecule has 5 heteroatoms. The predicted octanol–water partition coefficient (Wildman–Crippen LogP) is 1.89. The average Bonchev–Trinajstić information content (AvgIpc) is 2.60. The van der Waals surface area contributed by atoms with Crippen molar-refractivity contribution in [2.75, 3.05) is 26.9 Å². The van der Waals surface area contributed by atoms with E-state index < -0.39 is 5.82 Å². The Labute approximate surface area is 106 Å². The lowest BCUT2D eigenvalue weighted by Gasteiger charge is -2.16. The summed E-state index contributed by atoms with van der Waals surface area (Å²) in [5.74, 6) is 0.860. The van der Waals surface area contributed by atoms with Gasteiger partial charge in [0.1, 0.15) is 0 Å². The fourth-order valence-electron chi connectivity index (χ4n) is 2.05. The highest BCUT2D eigenvalue weighted by Crippen LogP contribution is 2.41. The molecular weight excluding hydrogens is 237 g/mol. The van der Waals surface area contributed by atoms with Crippen LogP contribution in [0.2, 0.25) is 0 Å². The van der Waals surface area contributed by atoms with Gasteiger partial charge in [-0.25, -0.2) is 4.39 Å². The van der Waals surface area contributed by atoms with Gasteiger partial charge in [-0.1, -0.05) is 0 Å². The third kappa shape index (κ3) is 2.51. The first-order valence-electron chi connectivity index (χ1n) is 6.13. The lowest BCUT2D eigenvalue weighted by Crippen LogP contribution is -2.06. The summed E-state index contributed by atoms with van der Waals surface area (Å²) in [6.45, 7) is 1.64. The largest absolute Gasteiger partial charge is 0.493 e. The SMILES string of the molecule is COc1c(F)cc2c(c1CCCN)OCCCO2. The van der Waals surface area contributed by atoms with Gasteiger partial charge in [0.2, 0.25) is 0 Å². The Balaban J connectivity index is 2.46. The second-order valence-electron chi connectivity index (χ2n) is 4.14. The number of nitrogens with two attached hydrogens (primary N) is 1. The summed E-state index contributed by atoms with van der Waals surface area (Å²) in [5, 5.41) is 0. The summed E-state index contributed by atoms with van der Waals surface area (Å²) in [5.41, 5.74) is 6.21. The number of fused-ring (bicyclic) bond motifs is 1. The normalized spacial score (nSPS) is 14.2. The molecule has 0 aliphatic carbocycles. The maximum absolute atomic E-state index is 13.9. The average molecular weight is 255 g/mol. The van der Waals surface area contributed by atoms with E-state index in [2.05, 4.69) is 0 Å². The van der Waals surface area contributed by atoms with Crippen molar-refractivity contribution < 1.29 is 18.6 Å². The molecule has 0 amide bonds. The van der Waals surface area contributed by atoms with Gasteiger partial charge in [-0.05, 0) is 19.4 Å². The van der Waals surface area contributed by atoms with Gasteiger partial charge < -0.3 is 19.9 Å². The summed E-state index contributed by atoms with van der Waals surface area (Å²) in [7, 11) is 1.45. The van der Waals surface area contributed by atoms with Gasteiger partial charge in [0.25, 0.3) is 0 Å². The van der Waals surface area contributed by atoms with Crippen LogP contribution >= 0.6 is 0 Å². The molecule has 100 valence electrons. The van der Waals surface area contributed by atoms with E-state index in [-0.39, 0.29) is 5.75 Å². The Kier molecular flexibility index (Phi) is 4.25. The number of benzene rings is 1. The number of hydrogen-bond acceptors (Lipinski definition) is 4. The molecule has 1 heterocycles. The molecule has 1 aromatic rings. The monoisotopic (exact) mass is 255 g/mol. The summed E-state index contributed by atoms with van der Waals surface area (Å²) < 4.78 is 30.2. The Morgan fingerprint density at radius 3 is 2.89 bits per heavy atom. The van der Waals surface area contributed by atoms with Gasteiger partial charge in [-0.2, -0.15) is 0 Å². The maximum atomic E-state index is 13.9. The van der Waals surface area contributed by atoms with E-state index in [4.69, 9.17) is 19.9 Å². The topological polar surface area (TPSA) is 53.7 Å². The molecule has 1 aliphatic heterocycles. The molecule has 0 fully saturated rings. The highest BCUT2D eigenvalue weighted by molar-refractivity contribution is 5.55. The standard InChI is InChI=1S/C13H18FNO3/c1-16-12-9(4-2-5-15)13-11(8-10(12)14)17-6-3-7-18-13/h8H,2-7,15H2,1H3. The summed E-state index contributed by atoms with van der Waals surface area (Å²) >= 11 is 0. The summed E-state index contributed by atoms with van der Waals surface area (Å²) in [6, 6.07) is 1.32. The smallest absolute Gasteiger partial charge is 0.169 e. The Morgan fingerprint density at radius 2 is 2.17 bits per heavy atom. The molecule has 0 unspecified atom stereocenters. The Bertz CT molecular complexity index is 423. The van der Waals surface area contributed by atoms with E-state index in [0.29, 0.717) is 43.2 Å². The molecule has 0 atom stereocenters. The maximum Gasteiger partial charge on any atom is 0.169 e. The van der Waals surface area contributed by atoms with Crippen LogP contribution in [-0.4, -0.2) is 26.9 Å². The lowest BCUT2D eigenvalue weighted by atomic mass is 10.1. The predicted molar refractivity (Wildman–Crippen MR) is 65.9 cm³/mol. The second-order valence-corrected chi connectivity index (χ2v) is 4.14. The van der Waals surface area contributed by atoms with E-state index in [1.165, 1.54) is 13.2 Å². The zero-order valence-electron chi connectivity index (χ0n) is 10.5. The molecule has 0 saturated carbocycles. The number of methoxy groups -OCH3 is 1. The van der Waals surface area contributed by atoms with E-state index in [0.717, 1.165) is 12.8 Å². The van der Waals surface area contributed by atoms with Gasteiger partial charge in [0.05, 0.1) is 20.3 Å². The second kappa shape index (κ2) is 5.91. The van der Waals surface area contributed by atoms with Crippen LogP contribution in [0.1, 0.15) is 18.4 Å². The van der Waals surface area contributed by atoms with E-state index in [9.17, 15) is 4.39 Å². The van der Waals surface area contributed by atoms with Gasteiger partial charge >= 0.3 is 0 Å². The molecule has 0 bridgehead atoms. The molecule has 1 aliphatic rings. The fourth-order valence-corrected chi connectivity index (χ4v) is 2.05. The molecule has 4 nitrogen and oxygen atoms in total. The van der Waals surface area contributed by atoms with Gasteiger partial charge in [0, 0.05) is 18.1 Å². The van der Waals surface area contributed by atoms with Crippen LogP contribution in [-0.2, 0) is 6.42 Å². The van der Waals surface area contributed by atoms with Crippen molar-refractivity contribution in [3.63, 3.8) is 0 Å². The van der Waals surface area contributed by atoms with Crippen LogP contribution in [0.25, 0.3) is 0 Å². The van der Waals surface area contributed by atoms with Crippen molar-refractivity contribution in [1.82, 2.24) is 0 Å². The third-order valence-electron chi connectivity index (χ3n) is 2.87. The highest BCUT2D eigenvalue weighted by atomic mass is 19.1. The van der Waals surface area contributed by atoms with Crippen molar-refractivity contribution in [2.45, 2.75) is 19.3 Å². The third-order valence-corrected chi connectivity index (χ3v) is 2.87. The molecule has 0 radical (unpaired) electrons. The zero-order valence-corrected chi connectivity index (χ0v) is 10.5. The number of hydrogen-bond donors (Lipinski definition) is 1. The quantitative estimate of drug-likeness (QED) is 0.892. The van der Waals surface area contributed by atoms with Gasteiger partial charge in [-0.3, -0.25) is 0 Å². The van der Waals surface area contributed by atoms with Crippen molar-refractivity contribution in [3.8, 4) is 17.2 Å². The van der Waals surface area contributed by atoms with Crippen LogP contribution in [0.15, 0.2) is 6.07 Å². The minimum absolute atomic E-state index is 0.229. The molecule has 2 N–H and O–H groups in total. The zero-order chi connectivity index (χ0) is 13.0. The first-order valence-corrected chi connectivity index (χ1v) is 6.13. The van der Waals surface area contributed by atoms with Crippen LogP contribution in [0, 0.1) is 5.82 Å². The number of halogens is 1. The van der Waals surface area contributed by atoms with Crippen LogP contribution < -0.4 is 19.9 Å². The molecular formula is C13H18FNO3. The van der Waals surface area contributed by atoms with Crippen molar-refractivity contribution in [3.05, 3.63) is 17.4 Å². The van der Waals surface area contributed by atoms with Crippen LogP contribution in [0.3, 0.4) is 0 Å². The molecule has 0 saturated heterocycles.